The van der Waals surface area contributed by atoms with Crippen molar-refractivity contribution in [3.05, 3.63) is 35.4 Å². The van der Waals surface area contributed by atoms with Crippen molar-refractivity contribution in [1.82, 2.24) is 0 Å². The van der Waals surface area contributed by atoms with Crippen LogP contribution in [-0.2, 0) is 11.2 Å². The van der Waals surface area contributed by atoms with Crippen LogP contribution < -0.4 is 0 Å². The summed E-state index contributed by atoms with van der Waals surface area (Å²) in [5, 5.41) is 9.76. The van der Waals surface area contributed by atoms with Crippen molar-refractivity contribution >= 4 is 5.97 Å². The van der Waals surface area contributed by atoms with Crippen molar-refractivity contribution in [2.75, 3.05) is 0 Å². The van der Waals surface area contributed by atoms with Crippen molar-refractivity contribution in [1.29, 1.82) is 0 Å². The Labute approximate surface area is 122 Å². The van der Waals surface area contributed by atoms with Crippen molar-refractivity contribution < 1.29 is 9.90 Å². The standard InChI is InChI=1S/C18H26O2/c1-3-6-15-9-11-18(12-10-15,17(19)20)13-16-8-5-4-7-14(16)2/h4-5,7-8,15H,3,6,9-13H2,1-2H3,(H,19,20). The molecule has 2 rings (SSSR count). The third-order valence-corrected chi connectivity index (χ3v) is 5.00. The van der Waals surface area contributed by atoms with Gasteiger partial charge in [0.2, 0.25) is 0 Å². The van der Waals surface area contributed by atoms with Crippen LogP contribution in [0.4, 0.5) is 0 Å². The molecule has 0 heterocycles. The van der Waals surface area contributed by atoms with Crippen LogP contribution in [0.2, 0.25) is 0 Å². The zero-order chi connectivity index (χ0) is 14.6. The van der Waals surface area contributed by atoms with Gasteiger partial charge in [-0.2, -0.15) is 0 Å². The van der Waals surface area contributed by atoms with Crippen molar-refractivity contribution in [2.45, 2.75) is 58.8 Å². The van der Waals surface area contributed by atoms with Gasteiger partial charge in [0.15, 0.2) is 0 Å². The lowest BCUT2D eigenvalue weighted by molar-refractivity contribution is -0.151. The Morgan fingerprint density at radius 2 is 1.95 bits per heavy atom. The summed E-state index contributed by atoms with van der Waals surface area (Å²) in [5.41, 5.74) is 1.88. The average Bonchev–Trinajstić information content (AvgIpc) is 2.44. The zero-order valence-electron chi connectivity index (χ0n) is 12.7. The number of carboxylic acids is 1. The van der Waals surface area contributed by atoms with E-state index in [0.717, 1.165) is 31.6 Å². The van der Waals surface area contributed by atoms with E-state index in [1.54, 1.807) is 0 Å². The van der Waals surface area contributed by atoms with E-state index in [1.807, 2.05) is 12.1 Å². The summed E-state index contributed by atoms with van der Waals surface area (Å²) < 4.78 is 0. The van der Waals surface area contributed by atoms with Gasteiger partial charge in [-0.1, -0.05) is 44.0 Å². The van der Waals surface area contributed by atoms with Crippen LogP contribution >= 0.6 is 0 Å². The number of carboxylic acid groups (broad SMARTS) is 1. The molecule has 1 saturated carbocycles. The van der Waals surface area contributed by atoms with Crippen LogP contribution in [0.25, 0.3) is 0 Å². The van der Waals surface area contributed by atoms with E-state index in [0.29, 0.717) is 6.42 Å². The highest BCUT2D eigenvalue weighted by atomic mass is 16.4. The molecule has 1 N–H and O–H groups in total. The third-order valence-electron chi connectivity index (χ3n) is 5.00. The van der Waals surface area contributed by atoms with Gasteiger partial charge in [-0.25, -0.2) is 0 Å². The molecule has 0 saturated heterocycles. The van der Waals surface area contributed by atoms with Crippen LogP contribution in [0, 0.1) is 18.3 Å². The van der Waals surface area contributed by atoms with Crippen molar-refractivity contribution in [3.8, 4) is 0 Å². The predicted molar refractivity (Wildman–Crippen MR) is 81.8 cm³/mol. The molecule has 110 valence electrons. The quantitative estimate of drug-likeness (QED) is 0.852. The second kappa shape index (κ2) is 6.43. The van der Waals surface area contributed by atoms with Crippen LogP contribution in [-0.4, -0.2) is 11.1 Å². The van der Waals surface area contributed by atoms with E-state index in [4.69, 9.17) is 0 Å². The molecule has 0 amide bonds. The van der Waals surface area contributed by atoms with Gasteiger partial charge in [0, 0.05) is 0 Å². The predicted octanol–water partition coefficient (Wildman–Crippen LogP) is 4.60. The average molecular weight is 274 g/mol. The van der Waals surface area contributed by atoms with E-state index in [-0.39, 0.29) is 0 Å². The Morgan fingerprint density at radius 1 is 1.30 bits per heavy atom. The fourth-order valence-electron chi connectivity index (χ4n) is 3.57. The van der Waals surface area contributed by atoms with Crippen LogP contribution in [0.1, 0.15) is 56.6 Å². The highest BCUT2D eigenvalue weighted by molar-refractivity contribution is 5.75. The number of carbonyl (C=O) groups is 1. The number of benzene rings is 1. The number of hydrogen-bond donors (Lipinski definition) is 1. The third kappa shape index (κ3) is 3.23. The fourth-order valence-corrected chi connectivity index (χ4v) is 3.57. The molecular weight excluding hydrogens is 248 g/mol. The molecule has 0 spiro atoms. The lowest BCUT2D eigenvalue weighted by Crippen LogP contribution is -2.37. The first-order chi connectivity index (χ1) is 9.57. The molecule has 1 aromatic carbocycles. The molecule has 1 aliphatic rings. The summed E-state index contributed by atoms with van der Waals surface area (Å²) in [4.78, 5) is 11.9. The fraction of sp³-hybridized carbons (Fsp3) is 0.611. The Hall–Kier alpha value is -1.31. The maximum absolute atomic E-state index is 11.9. The van der Waals surface area contributed by atoms with Crippen LogP contribution in [0.15, 0.2) is 24.3 Å². The molecule has 0 unspecified atom stereocenters. The van der Waals surface area contributed by atoms with Crippen LogP contribution in [0.5, 0.6) is 0 Å². The van der Waals surface area contributed by atoms with E-state index in [9.17, 15) is 9.90 Å². The highest BCUT2D eigenvalue weighted by Gasteiger charge is 2.41. The second-order valence-corrected chi connectivity index (χ2v) is 6.42. The van der Waals surface area contributed by atoms with Gasteiger partial charge in [-0.05, 0) is 56.1 Å². The van der Waals surface area contributed by atoms with Crippen LogP contribution in [0.3, 0.4) is 0 Å². The van der Waals surface area contributed by atoms with E-state index < -0.39 is 11.4 Å². The molecule has 1 aromatic rings. The summed E-state index contributed by atoms with van der Waals surface area (Å²) in [6.45, 7) is 4.29. The molecule has 0 aliphatic heterocycles. The normalized spacial score (nSPS) is 26.4. The molecule has 0 bridgehead atoms. The van der Waals surface area contributed by atoms with E-state index in [2.05, 4.69) is 26.0 Å². The van der Waals surface area contributed by atoms with Gasteiger partial charge < -0.3 is 5.11 Å². The molecule has 2 heteroatoms. The van der Waals surface area contributed by atoms with Gasteiger partial charge in [0.25, 0.3) is 0 Å². The van der Waals surface area contributed by atoms with Gasteiger partial charge in [-0.3, -0.25) is 4.79 Å². The van der Waals surface area contributed by atoms with Gasteiger partial charge in [0.05, 0.1) is 5.41 Å². The Balaban J connectivity index is 2.12. The van der Waals surface area contributed by atoms with Crippen molar-refractivity contribution in [3.63, 3.8) is 0 Å². The van der Waals surface area contributed by atoms with Gasteiger partial charge >= 0.3 is 5.97 Å². The molecule has 20 heavy (non-hydrogen) atoms. The molecule has 0 aromatic heterocycles. The second-order valence-electron chi connectivity index (χ2n) is 6.42. The Bertz CT molecular complexity index is 456. The summed E-state index contributed by atoms with van der Waals surface area (Å²) in [7, 11) is 0. The molecule has 0 atom stereocenters. The minimum atomic E-state index is -0.601. The monoisotopic (exact) mass is 274 g/mol. The lowest BCUT2D eigenvalue weighted by atomic mass is 9.66. The largest absolute Gasteiger partial charge is 0.481 e. The number of aliphatic carboxylic acids is 1. The molecule has 2 nitrogen and oxygen atoms in total. The minimum Gasteiger partial charge on any atom is -0.481 e. The maximum atomic E-state index is 11.9. The summed E-state index contributed by atoms with van der Waals surface area (Å²) in [6.07, 6.45) is 6.97. The molecule has 1 aliphatic carbocycles. The number of rotatable bonds is 5. The first-order valence-electron chi connectivity index (χ1n) is 7.85. The van der Waals surface area contributed by atoms with E-state index in [1.165, 1.54) is 24.0 Å². The summed E-state index contributed by atoms with van der Waals surface area (Å²) in [6, 6.07) is 8.19. The van der Waals surface area contributed by atoms with Crippen molar-refractivity contribution in [2.24, 2.45) is 11.3 Å². The summed E-state index contributed by atoms with van der Waals surface area (Å²) in [5.74, 6) is 0.139. The Morgan fingerprint density at radius 3 is 2.50 bits per heavy atom. The Kier molecular flexibility index (Phi) is 4.85. The lowest BCUT2D eigenvalue weighted by Gasteiger charge is -2.37. The first-order valence-corrected chi connectivity index (χ1v) is 7.85. The van der Waals surface area contributed by atoms with Gasteiger partial charge in [-0.15, -0.1) is 0 Å². The topological polar surface area (TPSA) is 37.3 Å². The summed E-state index contributed by atoms with van der Waals surface area (Å²) >= 11 is 0. The minimum absolute atomic E-state index is 0.531. The zero-order valence-corrected chi connectivity index (χ0v) is 12.7. The molecular formula is C18H26O2. The highest BCUT2D eigenvalue weighted by Crippen LogP contribution is 2.43. The van der Waals surface area contributed by atoms with E-state index >= 15 is 0 Å². The molecule has 0 radical (unpaired) electrons. The SMILES string of the molecule is CCCC1CCC(Cc2ccccc2C)(C(=O)O)CC1. The maximum Gasteiger partial charge on any atom is 0.309 e. The number of aryl methyl sites for hydroxylation is 1. The van der Waals surface area contributed by atoms with Gasteiger partial charge in [0.1, 0.15) is 0 Å². The molecule has 1 fully saturated rings. The smallest absolute Gasteiger partial charge is 0.309 e. The first kappa shape index (κ1) is 15.1. The number of hydrogen-bond acceptors (Lipinski definition) is 1.